The topological polar surface area (TPSA) is 66.3 Å². The minimum atomic E-state index is -0.971. The van der Waals surface area contributed by atoms with Crippen LogP contribution in [0.2, 0.25) is 0 Å². The van der Waals surface area contributed by atoms with E-state index in [-0.39, 0.29) is 11.6 Å². The summed E-state index contributed by atoms with van der Waals surface area (Å²) in [6.45, 7) is 0.868. The van der Waals surface area contributed by atoms with Crippen LogP contribution in [0, 0.1) is 0 Å². The van der Waals surface area contributed by atoms with Gasteiger partial charge >= 0.3 is 5.97 Å². The van der Waals surface area contributed by atoms with Gasteiger partial charge in [0, 0.05) is 17.2 Å². The standard InChI is InChI=1S/C24H24BrN3O2/c25-19-11-5-10-18(15-19)22-13-6-14-28(22)24-26-16-20(23(29)30)21(27-24)12-4-9-17-7-2-1-3-8-17/h1-3,5,7-8,10-11,15-16,22H,4,6,9,12-14H2,(H,29,30). The molecule has 1 atom stereocenters. The number of hydrogen-bond donors (Lipinski definition) is 1. The summed E-state index contributed by atoms with van der Waals surface area (Å²) in [5.74, 6) is -0.349. The van der Waals surface area contributed by atoms with Gasteiger partial charge in [-0.05, 0) is 55.4 Å². The third-order valence-electron chi connectivity index (χ3n) is 5.55. The molecule has 0 amide bonds. The lowest BCUT2D eigenvalue weighted by atomic mass is 10.0. The Labute approximate surface area is 184 Å². The second-order valence-corrected chi connectivity index (χ2v) is 8.50. The van der Waals surface area contributed by atoms with Crippen molar-refractivity contribution in [3.8, 4) is 0 Å². The largest absolute Gasteiger partial charge is 0.478 e. The molecule has 1 N–H and O–H groups in total. The van der Waals surface area contributed by atoms with Gasteiger partial charge in [-0.1, -0.05) is 58.4 Å². The quantitative estimate of drug-likeness (QED) is 0.502. The molecule has 1 saturated heterocycles. The highest BCUT2D eigenvalue weighted by atomic mass is 79.9. The lowest BCUT2D eigenvalue weighted by Gasteiger charge is -2.25. The molecule has 2 aromatic carbocycles. The Morgan fingerprint density at radius 2 is 1.97 bits per heavy atom. The molecular formula is C24H24BrN3O2. The highest BCUT2D eigenvalue weighted by molar-refractivity contribution is 9.10. The monoisotopic (exact) mass is 465 g/mol. The highest BCUT2D eigenvalue weighted by Crippen LogP contribution is 2.35. The Bertz CT molecular complexity index is 1030. The molecule has 4 rings (SSSR count). The van der Waals surface area contributed by atoms with Crippen molar-refractivity contribution in [1.29, 1.82) is 0 Å². The van der Waals surface area contributed by atoms with E-state index in [1.807, 2.05) is 30.3 Å². The van der Waals surface area contributed by atoms with E-state index in [1.165, 1.54) is 17.3 Å². The minimum absolute atomic E-state index is 0.199. The van der Waals surface area contributed by atoms with Crippen molar-refractivity contribution in [2.75, 3.05) is 11.4 Å². The number of halogens is 1. The second kappa shape index (κ2) is 9.39. The SMILES string of the molecule is O=C(O)c1cnc(N2CCCC2c2cccc(Br)c2)nc1CCCc1ccccc1. The van der Waals surface area contributed by atoms with Gasteiger partial charge in [0.1, 0.15) is 0 Å². The number of aryl methyl sites for hydroxylation is 2. The molecule has 5 nitrogen and oxygen atoms in total. The lowest BCUT2D eigenvalue weighted by Crippen LogP contribution is -2.25. The van der Waals surface area contributed by atoms with Gasteiger partial charge in [0.2, 0.25) is 5.95 Å². The van der Waals surface area contributed by atoms with E-state index in [0.29, 0.717) is 18.1 Å². The van der Waals surface area contributed by atoms with Crippen molar-refractivity contribution in [1.82, 2.24) is 9.97 Å². The number of carboxylic acid groups (broad SMARTS) is 1. The maximum Gasteiger partial charge on any atom is 0.339 e. The van der Waals surface area contributed by atoms with Crippen LogP contribution in [0.4, 0.5) is 5.95 Å². The second-order valence-electron chi connectivity index (χ2n) is 7.58. The van der Waals surface area contributed by atoms with Crippen molar-refractivity contribution in [3.05, 3.63) is 87.7 Å². The highest BCUT2D eigenvalue weighted by Gasteiger charge is 2.29. The summed E-state index contributed by atoms with van der Waals surface area (Å²) in [6.07, 6.45) is 5.91. The first-order valence-electron chi connectivity index (χ1n) is 10.3. The summed E-state index contributed by atoms with van der Waals surface area (Å²) in [5.41, 5.74) is 3.28. The Morgan fingerprint density at radius 1 is 1.13 bits per heavy atom. The maximum atomic E-state index is 11.7. The average Bonchev–Trinajstić information content (AvgIpc) is 3.24. The van der Waals surface area contributed by atoms with E-state index in [1.54, 1.807) is 0 Å². The molecule has 0 radical (unpaired) electrons. The number of benzene rings is 2. The third kappa shape index (κ3) is 4.70. The summed E-state index contributed by atoms with van der Waals surface area (Å²) < 4.78 is 1.05. The molecule has 1 unspecified atom stereocenters. The van der Waals surface area contributed by atoms with Crippen LogP contribution < -0.4 is 4.90 Å². The molecule has 154 valence electrons. The van der Waals surface area contributed by atoms with Crippen LogP contribution in [-0.4, -0.2) is 27.6 Å². The van der Waals surface area contributed by atoms with Crippen molar-refractivity contribution in [2.24, 2.45) is 0 Å². The summed E-state index contributed by atoms with van der Waals surface area (Å²) in [6, 6.07) is 18.8. The fraction of sp³-hybridized carbons (Fsp3) is 0.292. The molecule has 1 aromatic heterocycles. The zero-order chi connectivity index (χ0) is 20.9. The van der Waals surface area contributed by atoms with Gasteiger partial charge in [0.15, 0.2) is 0 Å². The van der Waals surface area contributed by atoms with Crippen LogP contribution in [0.1, 0.15) is 52.5 Å². The number of rotatable bonds is 7. The number of nitrogens with zero attached hydrogens (tertiary/aromatic N) is 3. The van der Waals surface area contributed by atoms with Crippen LogP contribution >= 0.6 is 15.9 Å². The molecule has 0 aliphatic carbocycles. The average molecular weight is 466 g/mol. The van der Waals surface area contributed by atoms with Crippen LogP contribution in [-0.2, 0) is 12.8 Å². The molecule has 1 aliphatic rings. The van der Waals surface area contributed by atoms with Gasteiger partial charge in [-0.2, -0.15) is 0 Å². The van der Waals surface area contributed by atoms with Crippen molar-refractivity contribution < 1.29 is 9.90 Å². The van der Waals surface area contributed by atoms with E-state index >= 15 is 0 Å². The summed E-state index contributed by atoms with van der Waals surface area (Å²) in [7, 11) is 0. The molecule has 1 aliphatic heterocycles. The fourth-order valence-corrected chi connectivity index (χ4v) is 4.50. The summed E-state index contributed by atoms with van der Waals surface area (Å²) >= 11 is 3.56. The van der Waals surface area contributed by atoms with E-state index in [0.717, 1.165) is 36.7 Å². The lowest BCUT2D eigenvalue weighted by molar-refractivity contribution is 0.0694. The zero-order valence-electron chi connectivity index (χ0n) is 16.7. The number of carbonyl (C=O) groups is 1. The Morgan fingerprint density at radius 3 is 2.73 bits per heavy atom. The maximum absolute atomic E-state index is 11.7. The Hall–Kier alpha value is -2.73. The third-order valence-corrected chi connectivity index (χ3v) is 6.04. The Kier molecular flexibility index (Phi) is 6.43. The first-order valence-corrected chi connectivity index (χ1v) is 11.1. The number of aromatic carboxylic acids is 1. The van der Waals surface area contributed by atoms with Gasteiger partial charge in [0.05, 0.1) is 17.3 Å². The van der Waals surface area contributed by atoms with Gasteiger partial charge in [-0.15, -0.1) is 0 Å². The predicted octanol–water partition coefficient (Wildman–Crippen LogP) is 5.45. The fourth-order valence-electron chi connectivity index (χ4n) is 4.09. The van der Waals surface area contributed by atoms with Crippen LogP contribution in [0.25, 0.3) is 0 Å². The molecule has 6 heteroatoms. The molecule has 3 aromatic rings. The van der Waals surface area contributed by atoms with E-state index in [9.17, 15) is 9.90 Å². The van der Waals surface area contributed by atoms with Crippen molar-refractivity contribution in [2.45, 2.75) is 38.1 Å². The summed E-state index contributed by atoms with van der Waals surface area (Å²) in [5, 5.41) is 9.60. The van der Waals surface area contributed by atoms with E-state index < -0.39 is 5.97 Å². The zero-order valence-corrected chi connectivity index (χ0v) is 18.3. The summed E-state index contributed by atoms with van der Waals surface area (Å²) in [4.78, 5) is 23.1. The molecule has 30 heavy (non-hydrogen) atoms. The number of anilines is 1. The van der Waals surface area contributed by atoms with Crippen LogP contribution in [0.5, 0.6) is 0 Å². The van der Waals surface area contributed by atoms with Gasteiger partial charge in [-0.25, -0.2) is 14.8 Å². The molecule has 1 fully saturated rings. The smallest absolute Gasteiger partial charge is 0.339 e. The Balaban J connectivity index is 1.56. The van der Waals surface area contributed by atoms with E-state index in [4.69, 9.17) is 4.98 Å². The number of aromatic nitrogens is 2. The predicted molar refractivity (Wildman–Crippen MR) is 121 cm³/mol. The first-order chi connectivity index (χ1) is 14.6. The normalized spacial score (nSPS) is 16.0. The van der Waals surface area contributed by atoms with Gasteiger partial charge in [0.25, 0.3) is 0 Å². The van der Waals surface area contributed by atoms with Crippen molar-refractivity contribution >= 4 is 27.8 Å². The first kappa shape index (κ1) is 20.5. The van der Waals surface area contributed by atoms with Crippen LogP contribution in [0.3, 0.4) is 0 Å². The molecular weight excluding hydrogens is 442 g/mol. The molecule has 0 bridgehead atoms. The molecule has 0 saturated carbocycles. The molecule has 0 spiro atoms. The van der Waals surface area contributed by atoms with Crippen LogP contribution in [0.15, 0.2) is 65.3 Å². The van der Waals surface area contributed by atoms with Gasteiger partial charge in [-0.3, -0.25) is 0 Å². The van der Waals surface area contributed by atoms with E-state index in [2.05, 4.69) is 50.1 Å². The minimum Gasteiger partial charge on any atom is -0.478 e. The van der Waals surface area contributed by atoms with Gasteiger partial charge < -0.3 is 10.0 Å². The number of hydrogen-bond acceptors (Lipinski definition) is 4. The molecule has 2 heterocycles. The van der Waals surface area contributed by atoms with Crippen molar-refractivity contribution in [3.63, 3.8) is 0 Å². The number of carboxylic acids is 1.